The van der Waals surface area contributed by atoms with Crippen LogP contribution in [0, 0.1) is 0 Å². The average molecular weight is 284 g/mol. The van der Waals surface area contributed by atoms with Gasteiger partial charge < -0.3 is 10.4 Å². The molecule has 0 aromatic heterocycles. The van der Waals surface area contributed by atoms with Gasteiger partial charge in [0.05, 0.1) is 0 Å². The standard InChI is InChI=1S/C12H14BrNO2/c1-8(12(15)16)7-14-9(2)10-4-3-5-11(13)6-10/h3-6,9,14H,1,7H2,2H3,(H,15,16)/t9-/m0/s1. The first-order valence-electron chi connectivity index (χ1n) is 4.90. The van der Waals surface area contributed by atoms with Crippen LogP contribution in [-0.2, 0) is 4.79 Å². The molecule has 0 saturated heterocycles. The summed E-state index contributed by atoms with van der Waals surface area (Å²) in [6.45, 7) is 5.73. The molecule has 0 bridgehead atoms. The van der Waals surface area contributed by atoms with Crippen molar-refractivity contribution in [3.8, 4) is 0 Å². The smallest absolute Gasteiger partial charge is 0.332 e. The molecule has 0 aliphatic carbocycles. The molecule has 1 atom stereocenters. The molecule has 1 rings (SSSR count). The molecule has 0 aliphatic rings. The van der Waals surface area contributed by atoms with E-state index in [1.165, 1.54) is 0 Å². The van der Waals surface area contributed by atoms with Gasteiger partial charge in [-0.1, -0.05) is 34.6 Å². The summed E-state index contributed by atoms with van der Waals surface area (Å²) in [6, 6.07) is 7.98. The van der Waals surface area contributed by atoms with Gasteiger partial charge >= 0.3 is 5.97 Å². The minimum absolute atomic E-state index is 0.0913. The first-order chi connectivity index (χ1) is 7.50. The molecule has 1 aromatic carbocycles. The molecule has 0 saturated carbocycles. The van der Waals surface area contributed by atoms with Gasteiger partial charge in [-0.25, -0.2) is 4.79 Å². The molecule has 16 heavy (non-hydrogen) atoms. The third kappa shape index (κ3) is 3.79. The highest BCUT2D eigenvalue weighted by Gasteiger charge is 2.08. The maximum absolute atomic E-state index is 10.6. The van der Waals surface area contributed by atoms with Gasteiger partial charge in [-0.05, 0) is 24.6 Å². The number of halogens is 1. The second-order valence-electron chi connectivity index (χ2n) is 3.57. The second-order valence-corrected chi connectivity index (χ2v) is 4.48. The zero-order valence-corrected chi connectivity index (χ0v) is 10.6. The lowest BCUT2D eigenvalue weighted by Gasteiger charge is -2.14. The average Bonchev–Trinajstić information content (AvgIpc) is 2.25. The van der Waals surface area contributed by atoms with E-state index in [9.17, 15) is 4.79 Å². The number of aliphatic carboxylic acids is 1. The maximum atomic E-state index is 10.6. The molecule has 3 nitrogen and oxygen atoms in total. The number of carbonyl (C=O) groups is 1. The van der Waals surface area contributed by atoms with E-state index in [0.29, 0.717) is 0 Å². The summed E-state index contributed by atoms with van der Waals surface area (Å²) < 4.78 is 1.01. The van der Waals surface area contributed by atoms with Crippen LogP contribution >= 0.6 is 15.9 Å². The Kier molecular flexibility index (Phi) is 4.71. The molecule has 1 aromatic rings. The monoisotopic (exact) mass is 283 g/mol. The molecule has 0 fully saturated rings. The van der Waals surface area contributed by atoms with Crippen molar-refractivity contribution in [2.45, 2.75) is 13.0 Å². The van der Waals surface area contributed by atoms with Gasteiger partial charge in [-0.2, -0.15) is 0 Å². The fourth-order valence-corrected chi connectivity index (χ4v) is 1.66. The lowest BCUT2D eigenvalue weighted by Crippen LogP contribution is -2.23. The van der Waals surface area contributed by atoms with Crippen LogP contribution in [0.2, 0.25) is 0 Å². The molecule has 2 N–H and O–H groups in total. The van der Waals surface area contributed by atoms with Crippen molar-refractivity contribution in [1.29, 1.82) is 0 Å². The Morgan fingerprint density at radius 2 is 2.31 bits per heavy atom. The van der Waals surface area contributed by atoms with Crippen molar-refractivity contribution in [3.63, 3.8) is 0 Å². The first kappa shape index (κ1) is 12.9. The van der Waals surface area contributed by atoms with E-state index in [1.807, 2.05) is 31.2 Å². The van der Waals surface area contributed by atoms with Gasteiger partial charge in [-0.3, -0.25) is 0 Å². The van der Waals surface area contributed by atoms with E-state index in [1.54, 1.807) is 0 Å². The van der Waals surface area contributed by atoms with Crippen LogP contribution in [0.15, 0.2) is 40.9 Å². The van der Waals surface area contributed by atoms with Crippen LogP contribution in [0.25, 0.3) is 0 Å². The van der Waals surface area contributed by atoms with E-state index >= 15 is 0 Å². The van der Waals surface area contributed by atoms with Crippen LogP contribution < -0.4 is 5.32 Å². The minimum atomic E-state index is -0.964. The Morgan fingerprint density at radius 3 is 2.88 bits per heavy atom. The van der Waals surface area contributed by atoms with Crippen molar-refractivity contribution in [1.82, 2.24) is 5.32 Å². The Balaban J connectivity index is 2.56. The summed E-state index contributed by atoms with van der Waals surface area (Å²) in [6.07, 6.45) is 0. The molecular weight excluding hydrogens is 270 g/mol. The van der Waals surface area contributed by atoms with Crippen molar-refractivity contribution in [2.75, 3.05) is 6.54 Å². The molecule has 4 heteroatoms. The molecule has 0 spiro atoms. The zero-order chi connectivity index (χ0) is 12.1. The first-order valence-corrected chi connectivity index (χ1v) is 5.70. The molecule has 0 unspecified atom stereocenters. The SMILES string of the molecule is C=C(CN[C@@H](C)c1cccc(Br)c1)C(=O)O. The van der Waals surface area contributed by atoms with Crippen molar-refractivity contribution < 1.29 is 9.90 Å². The predicted octanol–water partition coefficient (Wildman–Crippen LogP) is 2.74. The second kappa shape index (κ2) is 5.82. The van der Waals surface area contributed by atoms with E-state index in [4.69, 9.17) is 5.11 Å². The third-order valence-corrected chi connectivity index (χ3v) is 2.77. The molecule has 0 heterocycles. The predicted molar refractivity (Wildman–Crippen MR) is 67.3 cm³/mol. The van der Waals surface area contributed by atoms with Gasteiger partial charge in [0, 0.05) is 22.6 Å². The molecule has 0 aliphatic heterocycles. The van der Waals surface area contributed by atoms with Gasteiger partial charge in [0.25, 0.3) is 0 Å². The van der Waals surface area contributed by atoms with Crippen molar-refractivity contribution in [3.05, 3.63) is 46.5 Å². The normalized spacial score (nSPS) is 12.1. The lowest BCUT2D eigenvalue weighted by atomic mass is 10.1. The summed E-state index contributed by atoms with van der Waals surface area (Å²) in [5.74, 6) is -0.964. The van der Waals surface area contributed by atoms with Crippen LogP contribution in [0.1, 0.15) is 18.5 Å². The van der Waals surface area contributed by atoms with Crippen LogP contribution in [0.4, 0.5) is 0 Å². The number of carboxylic acids is 1. The summed E-state index contributed by atoms with van der Waals surface area (Å²) in [5.41, 5.74) is 1.27. The Morgan fingerprint density at radius 1 is 1.62 bits per heavy atom. The number of nitrogens with one attached hydrogen (secondary N) is 1. The van der Waals surface area contributed by atoms with Crippen LogP contribution in [-0.4, -0.2) is 17.6 Å². The number of benzene rings is 1. The Bertz CT molecular complexity index is 404. The van der Waals surface area contributed by atoms with E-state index in [-0.39, 0.29) is 18.2 Å². The largest absolute Gasteiger partial charge is 0.478 e. The summed E-state index contributed by atoms with van der Waals surface area (Å²) >= 11 is 3.39. The van der Waals surface area contributed by atoms with Crippen molar-refractivity contribution in [2.24, 2.45) is 0 Å². The molecule has 86 valence electrons. The fourth-order valence-electron chi connectivity index (χ4n) is 1.25. The zero-order valence-electron chi connectivity index (χ0n) is 9.03. The van der Waals surface area contributed by atoms with Gasteiger partial charge in [0.1, 0.15) is 0 Å². The molecule has 0 radical (unpaired) electrons. The van der Waals surface area contributed by atoms with E-state index < -0.39 is 5.97 Å². The van der Waals surface area contributed by atoms with Crippen LogP contribution in [0.5, 0.6) is 0 Å². The quantitative estimate of drug-likeness (QED) is 0.817. The number of rotatable bonds is 5. The Hall–Kier alpha value is -1.13. The highest BCUT2D eigenvalue weighted by molar-refractivity contribution is 9.10. The fraction of sp³-hybridized carbons (Fsp3) is 0.250. The van der Waals surface area contributed by atoms with Crippen LogP contribution in [0.3, 0.4) is 0 Å². The minimum Gasteiger partial charge on any atom is -0.478 e. The molecule has 0 amide bonds. The van der Waals surface area contributed by atoms with E-state index in [0.717, 1.165) is 10.0 Å². The number of hydrogen-bond acceptors (Lipinski definition) is 2. The van der Waals surface area contributed by atoms with Gasteiger partial charge in [0.2, 0.25) is 0 Å². The highest BCUT2D eigenvalue weighted by atomic mass is 79.9. The summed E-state index contributed by atoms with van der Waals surface area (Å²) in [5, 5.41) is 11.8. The van der Waals surface area contributed by atoms with Gasteiger partial charge in [0.15, 0.2) is 0 Å². The summed E-state index contributed by atoms with van der Waals surface area (Å²) in [4.78, 5) is 10.6. The number of hydrogen-bond donors (Lipinski definition) is 2. The lowest BCUT2D eigenvalue weighted by molar-refractivity contribution is -0.132. The molecular formula is C12H14BrNO2. The maximum Gasteiger partial charge on any atom is 0.332 e. The highest BCUT2D eigenvalue weighted by Crippen LogP contribution is 2.17. The Labute approximate surface area is 103 Å². The van der Waals surface area contributed by atoms with Gasteiger partial charge in [-0.15, -0.1) is 0 Å². The third-order valence-electron chi connectivity index (χ3n) is 2.27. The number of carboxylic acid groups (broad SMARTS) is 1. The topological polar surface area (TPSA) is 49.3 Å². The van der Waals surface area contributed by atoms with E-state index in [2.05, 4.69) is 27.8 Å². The van der Waals surface area contributed by atoms with Crippen molar-refractivity contribution >= 4 is 21.9 Å². The summed E-state index contributed by atoms with van der Waals surface area (Å²) in [7, 11) is 0.